The number of piperidine rings is 1. The number of hydrogen-bond donors (Lipinski definition) is 1. The third-order valence-corrected chi connectivity index (χ3v) is 3.70. The molecule has 0 aliphatic carbocycles. The predicted octanol–water partition coefficient (Wildman–Crippen LogP) is 1.25. The maximum Gasteiger partial charge on any atom is 0.138 e. The van der Waals surface area contributed by atoms with Crippen LogP contribution in [0.3, 0.4) is 0 Å². The number of anilines is 1. The summed E-state index contributed by atoms with van der Waals surface area (Å²) in [4.78, 5) is 9.45. The lowest BCUT2D eigenvalue weighted by molar-refractivity contribution is 0.257. The van der Waals surface area contributed by atoms with Gasteiger partial charge < -0.3 is 15.5 Å². The van der Waals surface area contributed by atoms with Gasteiger partial charge in [-0.05, 0) is 39.1 Å². The van der Waals surface area contributed by atoms with Crippen molar-refractivity contribution in [1.29, 1.82) is 0 Å². The van der Waals surface area contributed by atoms with E-state index in [9.17, 15) is 0 Å². The lowest BCUT2D eigenvalue weighted by Gasteiger charge is -2.37. The Labute approximate surface area is 114 Å². The number of nitrogens with two attached hydrogens (primary N) is 1. The van der Waals surface area contributed by atoms with Crippen LogP contribution in [0.25, 0.3) is 0 Å². The molecule has 0 amide bonds. The summed E-state index contributed by atoms with van der Waals surface area (Å²) in [5.41, 5.74) is 6.65. The van der Waals surface area contributed by atoms with Gasteiger partial charge in [0, 0.05) is 25.3 Å². The molecule has 1 aromatic heterocycles. The largest absolute Gasteiger partial charge is 0.389 e. The number of rotatable bonds is 3. The van der Waals surface area contributed by atoms with Gasteiger partial charge in [-0.15, -0.1) is 0 Å². The summed E-state index contributed by atoms with van der Waals surface area (Å²) in [5, 5.41) is 0. The quantitative estimate of drug-likeness (QED) is 0.832. The summed E-state index contributed by atoms with van der Waals surface area (Å²) in [6.07, 6.45) is 4.21. The molecule has 18 heavy (non-hydrogen) atoms. The maximum absolute atomic E-state index is 5.77. The van der Waals surface area contributed by atoms with Crippen LogP contribution in [0.4, 0.5) is 5.82 Å². The number of nitrogens with zero attached hydrogens (tertiary/aromatic N) is 3. The van der Waals surface area contributed by atoms with Gasteiger partial charge in [0.25, 0.3) is 0 Å². The Bertz CT molecular complexity index is 433. The molecule has 1 unspecified atom stereocenters. The molecule has 1 aliphatic heterocycles. The van der Waals surface area contributed by atoms with Crippen LogP contribution in [0.15, 0.2) is 18.3 Å². The van der Waals surface area contributed by atoms with Crippen molar-refractivity contribution in [3.8, 4) is 0 Å². The van der Waals surface area contributed by atoms with Crippen LogP contribution < -0.4 is 10.6 Å². The molecule has 2 heterocycles. The second-order valence-electron chi connectivity index (χ2n) is 4.94. The van der Waals surface area contributed by atoms with E-state index in [-0.39, 0.29) is 0 Å². The predicted molar refractivity (Wildman–Crippen MR) is 79.0 cm³/mol. The van der Waals surface area contributed by atoms with Gasteiger partial charge in [-0.25, -0.2) is 4.98 Å². The first-order valence-corrected chi connectivity index (χ1v) is 6.66. The van der Waals surface area contributed by atoms with Gasteiger partial charge in [0.1, 0.15) is 10.8 Å². The van der Waals surface area contributed by atoms with Gasteiger partial charge in [0.05, 0.1) is 5.56 Å². The maximum atomic E-state index is 5.77. The highest BCUT2D eigenvalue weighted by Gasteiger charge is 2.24. The first-order valence-electron chi connectivity index (χ1n) is 6.26. The fourth-order valence-electron chi connectivity index (χ4n) is 2.41. The molecule has 2 N–H and O–H groups in total. The zero-order valence-electron chi connectivity index (χ0n) is 11.0. The Morgan fingerprint density at radius 3 is 3.00 bits per heavy atom. The molecule has 4 nitrogen and oxygen atoms in total. The van der Waals surface area contributed by atoms with Gasteiger partial charge >= 0.3 is 0 Å². The van der Waals surface area contributed by atoms with E-state index in [2.05, 4.69) is 28.9 Å². The van der Waals surface area contributed by atoms with Crippen molar-refractivity contribution in [2.24, 2.45) is 5.73 Å². The van der Waals surface area contributed by atoms with E-state index in [1.807, 2.05) is 12.1 Å². The zero-order valence-corrected chi connectivity index (χ0v) is 11.8. The minimum Gasteiger partial charge on any atom is -0.389 e. The molecule has 0 aromatic carbocycles. The van der Waals surface area contributed by atoms with Gasteiger partial charge in [0.2, 0.25) is 0 Å². The van der Waals surface area contributed by atoms with Crippen molar-refractivity contribution in [3.63, 3.8) is 0 Å². The molecular weight excluding hydrogens is 244 g/mol. The molecule has 0 saturated carbocycles. The number of pyridine rings is 1. The summed E-state index contributed by atoms with van der Waals surface area (Å²) < 4.78 is 0. The standard InChI is InChI=1S/C13H20N4S/c1-16(2)10-5-4-8-17(9-10)13-11(12(14)18)6-3-7-15-13/h3,6-7,10H,4-5,8-9H2,1-2H3,(H2,14,18). The lowest BCUT2D eigenvalue weighted by atomic mass is 10.0. The van der Waals surface area contributed by atoms with Crippen LogP contribution in [0.1, 0.15) is 18.4 Å². The van der Waals surface area contributed by atoms with Crippen molar-refractivity contribution < 1.29 is 0 Å². The van der Waals surface area contributed by atoms with Crippen molar-refractivity contribution in [2.45, 2.75) is 18.9 Å². The summed E-state index contributed by atoms with van der Waals surface area (Å²) in [7, 11) is 4.25. The molecule has 0 bridgehead atoms. The van der Waals surface area contributed by atoms with Gasteiger partial charge in [-0.2, -0.15) is 0 Å². The third-order valence-electron chi connectivity index (χ3n) is 3.48. The minimum absolute atomic E-state index is 0.421. The van der Waals surface area contributed by atoms with E-state index in [4.69, 9.17) is 18.0 Å². The second-order valence-corrected chi connectivity index (χ2v) is 5.38. The van der Waals surface area contributed by atoms with E-state index in [0.717, 1.165) is 24.5 Å². The molecule has 1 aromatic rings. The Morgan fingerprint density at radius 2 is 2.33 bits per heavy atom. The van der Waals surface area contributed by atoms with Gasteiger partial charge in [-0.3, -0.25) is 0 Å². The lowest BCUT2D eigenvalue weighted by Crippen LogP contribution is -2.46. The van der Waals surface area contributed by atoms with E-state index in [1.165, 1.54) is 12.8 Å². The second kappa shape index (κ2) is 5.63. The number of aromatic nitrogens is 1. The third kappa shape index (κ3) is 2.79. The number of likely N-dealkylation sites (N-methyl/N-ethyl adjacent to an activating group) is 1. The van der Waals surface area contributed by atoms with Crippen LogP contribution in [0.5, 0.6) is 0 Å². The smallest absolute Gasteiger partial charge is 0.138 e. The van der Waals surface area contributed by atoms with Crippen molar-refractivity contribution >= 4 is 23.0 Å². The van der Waals surface area contributed by atoms with E-state index < -0.39 is 0 Å². The Balaban J connectivity index is 2.23. The highest BCUT2D eigenvalue weighted by molar-refractivity contribution is 7.80. The van der Waals surface area contributed by atoms with E-state index in [0.29, 0.717) is 11.0 Å². The molecule has 1 atom stereocenters. The summed E-state index contributed by atoms with van der Waals surface area (Å²) in [6.45, 7) is 2.01. The normalized spacial score (nSPS) is 20.2. The van der Waals surface area contributed by atoms with Crippen LogP contribution in [-0.2, 0) is 0 Å². The molecule has 1 aliphatic rings. The van der Waals surface area contributed by atoms with Crippen LogP contribution in [0, 0.1) is 0 Å². The molecule has 0 radical (unpaired) electrons. The molecule has 2 rings (SSSR count). The van der Waals surface area contributed by atoms with E-state index in [1.54, 1.807) is 6.20 Å². The monoisotopic (exact) mass is 264 g/mol. The molecule has 0 spiro atoms. The summed E-state index contributed by atoms with van der Waals surface area (Å²) >= 11 is 5.10. The van der Waals surface area contributed by atoms with Crippen LogP contribution in [-0.4, -0.2) is 48.1 Å². The zero-order chi connectivity index (χ0) is 13.1. The first kappa shape index (κ1) is 13.2. The van der Waals surface area contributed by atoms with Gasteiger partial charge in [-0.1, -0.05) is 12.2 Å². The molecule has 1 fully saturated rings. The van der Waals surface area contributed by atoms with Crippen LogP contribution in [0.2, 0.25) is 0 Å². The molecule has 98 valence electrons. The average molecular weight is 264 g/mol. The van der Waals surface area contributed by atoms with E-state index >= 15 is 0 Å². The molecular formula is C13H20N4S. The average Bonchev–Trinajstić information content (AvgIpc) is 2.39. The van der Waals surface area contributed by atoms with Crippen molar-refractivity contribution in [2.75, 3.05) is 32.1 Å². The summed E-state index contributed by atoms with van der Waals surface area (Å²) in [5.74, 6) is 0.927. The van der Waals surface area contributed by atoms with Crippen LogP contribution >= 0.6 is 12.2 Å². The van der Waals surface area contributed by atoms with Crippen molar-refractivity contribution in [3.05, 3.63) is 23.9 Å². The first-order chi connectivity index (χ1) is 8.59. The Hall–Kier alpha value is -1.20. The Morgan fingerprint density at radius 1 is 1.56 bits per heavy atom. The molecule has 5 heteroatoms. The SMILES string of the molecule is CN(C)C1CCCN(c2ncccc2C(N)=S)C1. The Kier molecular flexibility index (Phi) is 4.14. The highest BCUT2D eigenvalue weighted by Crippen LogP contribution is 2.23. The van der Waals surface area contributed by atoms with Gasteiger partial charge in [0.15, 0.2) is 0 Å². The fourth-order valence-corrected chi connectivity index (χ4v) is 2.57. The topological polar surface area (TPSA) is 45.4 Å². The fraction of sp³-hybridized carbons (Fsp3) is 0.538. The minimum atomic E-state index is 0.421. The van der Waals surface area contributed by atoms with Crippen molar-refractivity contribution in [1.82, 2.24) is 9.88 Å². The number of thiocarbonyl (C=S) groups is 1. The number of hydrogen-bond acceptors (Lipinski definition) is 4. The summed E-state index contributed by atoms with van der Waals surface area (Å²) in [6, 6.07) is 4.40. The molecule has 1 saturated heterocycles. The highest BCUT2D eigenvalue weighted by atomic mass is 32.1.